The van der Waals surface area contributed by atoms with Crippen LogP contribution in [0.3, 0.4) is 0 Å². The zero-order valence-corrected chi connectivity index (χ0v) is 11.1. The van der Waals surface area contributed by atoms with Gasteiger partial charge in [0.2, 0.25) is 0 Å². The zero-order chi connectivity index (χ0) is 13.7. The summed E-state index contributed by atoms with van der Waals surface area (Å²) in [6.45, 7) is 0. The first-order valence-electron chi connectivity index (χ1n) is 5.21. The fourth-order valence-corrected chi connectivity index (χ4v) is 1.74. The van der Waals surface area contributed by atoms with Crippen LogP contribution in [0.25, 0.3) is 0 Å². The highest BCUT2D eigenvalue weighted by Gasteiger charge is 2.07. The van der Waals surface area contributed by atoms with Crippen molar-refractivity contribution in [3.63, 3.8) is 0 Å². The van der Waals surface area contributed by atoms with Crippen molar-refractivity contribution in [1.82, 2.24) is 15.4 Å². The molecule has 0 aliphatic rings. The van der Waals surface area contributed by atoms with E-state index in [1.165, 1.54) is 18.3 Å². The van der Waals surface area contributed by atoms with E-state index < -0.39 is 5.91 Å². The standard InChI is InChI=1S/C12H8Cl2N4O/c13-10-4-9(5-11(14)17-10)12(19)18-16-7-8-2-1-3-15-6-8/h1-7H,(H,18,19)/b16-7+. The maximum absolute atomic E-state index is 11.8. The molecule has 0 saturated carbocycles. The van der Waals surface area contributed by atoms with E-state index >= 15 is 0 Å². The van der Waals surface area contributed by atoms with Crippen molar-refractivity contribution >= 4 is 35.3 Å². The number of amides is 1. The molecule has 1 N–H and O–H groups in total. The zero-order valence-electron chi connectivity index (χ0n) is 9.55. The van der Waals surface area contributed by atoms with Gasteiger partial charge in [-0.1, -0.05) is 29.3 Å². The van der Waals surface area contributed by atoms with Crippen molar-refractivity contribution in [3.05, 3.63) is 58.1 Å². The Hall–Kier alpha value is -1.98. The van der Waals surface area contributed by atoms with Gasteiger partial charge in [-0.15, -0.1) is 0 Å². The number of carbonyl (C=O) groups excluding carboxylic acids is 1. The quantitative estimate of drug-likeness (QED) is 0.537. The predicted octanol–water partition coefficient (Wildman–Crippen LogP) is 2.55. The van der Waals surface area contributed by atoms with E-state index in [1.807, 2.05) is 6.07 Å². The van der Waals surface area contributed by atoms with Crippen molar-refractivity contribution in [2.45, 2.75) is 0 Å². The lowest BCUT2D eigenvalue weighted by atomic mass is 10.2. The second kappa shape index (κ2) is 6.26. The number of halogens is 2. The third-order valence-electron chi connectivity index (χ3n) is 2.09. The fraction of sp³-hybridized carbons (Fsp3) is 0. The summed E-state index contributed by atoms with van der Waals surface area (Å²) >= 11 is 11.4. The average molecular weight is 295 g/mol. The van der Waals surface area contributed by atoms with Gasteiger partial charge in [-0.3, -0.25) is 9.78 Å². The monoisotopic (exact) mass is 294 g/mol. The smallest absolute Gasteiger partial charge is 0.267 e. The van der Waals surface area contributed by atoms with Crippen LogP contribution in [0.5, 0.6) is 0 Å². The van der Waals surface area contributed by atoms with Gasteiger partial charge < -0.3 is 0 Å². The largest absolute Gasteiger partial charge is 0.271 e. The van der Waals surface area contributed by atoms with E-state index in [0.29, 0.717) is 0 Å². The number of aromatic nitrogens is 2. The molecular weight excluding hydrogens is 287 g/mol. The molecule has 2 rings (SSSR count). The number of nitrogens with zero attached hydrogens (tertiary/aromatic N) is 3. The lowest BCUT2D eigenvalue weighted by Gasteiger charge is -2.00. The van der Waals surface area contributed by atoms with Crippen LogP contribution >= 0.6 is 23.2 Å². The molecule has 0 unspecified atom stereocenters. The second-order valence-corrected chi connectivity index (χ2v) is 4.26. The Kier molecular flexibility index (Phi) is 4.43. The molecule has 0 aliphatic carbocycles. The minimum Gasteiger partial charge on any atom is -0.267 e. The number of hydrazone groups is 1. The summed E-state index contributed by atoms with van der Waals surface area (Å²) in [6.07, 6.45) is 4.75. The molecule has 0 fully saturated rings. The Morgan fingerprint density at radius 1 is 1.32 bits per heavy atom. The lowest BCUT2D eigenvalue weighted by Crippen LogP contribution is -2.17. The third kappa shape index (κ3) is 4.01. The van der Waals surface area contributed by atoms with E-state index in [0.717, 1.165) is 5.56 Å². The molecule has 96 valence electrons. The molecule has 0 saturated heterocycles. The van der Waals surface area contributed by atoms with Gasteiger partial charge in [0.15, 0.2) is 0 Å². The first kappa shape index (κ1) is 13.5. The van der Waals surface area contributed by atoms with Gasteiger partial charge in [-0.05, 0) is 18.2 Å². The minimum absolute atomic E-state index is 0.147. The molecule has 0 bridgehead atoms. The molecule has 2 aromatic rings. The summed E-state index contributed by atoms with van der Waals surface area (Å²) < 4.78 is 0. The molecule has 0 atom stereocenters. The van der Waals surface area contributed by atoms with Crippen molar-refractivity contribution in [3.8, 4) is 0 Å². The molecule has 5 nitrogen and oxygen atoms in total. The fourth-order valence-electron chi connectivity index (χ4n) is 1.28. The van der Waals surface area contributed by atoms with Crippen molar-refractivity contribution in [2.24, 2.45) is 5.10 Å². The average Bonchev–Trinajstić information content (AvgIpc) is 2.38. The van der Waals surface area contributed by atoms with Gasteiger partial charge in [0.1, 0.15) is 10.3 Å². The van der Waals surface area contributed by atoms with Gasteiger partial charge in [-0.25, -0.2) is 10.4 Å². The predicted molar refractivity (Wildman–Crippen MR) is 73.6 cm³/mol. The van der Waals surface area contributed by atoms with Crippen LogP contribution in [-0.4, -0.2) is 22.1 Å². The maximum Gasteiger partial charge on any atom is 0.271 e. The number of pyridine rings is 2. The highest BCUT2D eigenvalue weighted by Crippen LogP contribution is 2.14. The third-order valence-corrected chi connectivity index (χ3v) is 2.48. The number of rotatable bonds is 3. The van der Waals surface area contributed by atoms with E-state index in [1.54, 1.807) is 18.5 Å². The summed E-state index contributed by atoms with van der Waals surface area (Å²) in [7, 11) is 0. The molecule has 0 spiro atoms. The number of hydrogen-bond donors (Lipinski definition) is 1. The first-order chi connectivity index (χ1) is 9.15. The van der Waals surface area contributed by atoms with Crippen molar-refractivity contribution < 1.29 is 4.79 Å². The Bertz CT molecular complexity index is 596. The highest BCUT2D eigenvalue weighted by molar-refractivity contribution is 6.33. The summed E-state index contributed by atoms with van der Waals surface area (Å²) in [5.74, 6) is -0.425. The van der Waals surface area contributed by atoms with Crippen LogP contribution in [0, 0.1) is 0 Å². The summed E-state index contributed by atoms with van der Waals surface area (Å²) in [5, 5.41) is 4.10. The van der Waals surface area contributed by atoms with Crippen molar-refractivity contribution in [2.75, 3.05) is 0 Å². The van der Waals surface area contributed by atoms with E-state index in [2.05, 4.69) is 20.5 Å². The Labute approximate surface area is 119 Å². The number of carbonyl (C=O) groups is 1. The van der Waals surface area contributed by atoms with E-state index in [9.17, 15) is 4.79 Å². The molecule has 19 heavy (non-hydrogen) atoms. The highest BCUT2D eigenvalue weighted by atomic mass is 35.5. The molecule has 1 amide bonds. The van der Waals surface area contributed by atoms with Crippen LogP contribution in [-0.2, 0) is 0 Å². The van der Waals surface area contributed by atoms with E-state index in [4.69, 9.17) is 23.2 Å². The minimum atomic E-state index is -0.425. The maximum atomic E-state index is 11.8. The van der Waals surface area contributed by atoms with Crippen LogP contribution in [0.2, 0.25) is 10.3 Å². The SMILES string of the molecule is O=C(N/N=C/c1cccnc1)c1cc(Cl)nc(Cl)c1. The van der Waals surface area contributed by atoms with Crippen LogP contribution in [0.1, 0.15) is 15.9 Å². The molecule has 7 heteroatoms. The van der Waals surface area contributed by atoms with Gasteiger partial charge in [0, 0.05) is 23.5 Å². The lowest BCUT2D eigenvalue weighted by molar-refractivity contribution is 0.0955. The van der Waals surface area contributed by atoms with Crippen LogP contribution in [0.15, 0.2) is 41.8 Å². The summed E-state index contributed by atoms with van der Waals surface area (Å²) in [6, 6.07) is 6.39. The summed E-state index contributed by atoms with van der Waals surface area (Å²) in [4.78, 5) is 19.4. The second-order valence-electron chi connectivity index (χ2n) is 3.49. The topological polar surface area (TPSA) is 67.2 Å². The van der Waals surface area contributed by atoms with E-state index in [-0.39, 0.29) is 15.9 Å². The number of hydrogen-bond acceptors (Lipinski definition) is 4. The van der Waals surface area contributed by atoms with Gasteiger partial charge in [0.05, 0.1) is 6.21 Å². The Morgan fingerprint density at radius 3 is 2.68 bits per heavy atom. The molecule has 0 radical (unpaired) electrons. The van der Waals surface area contributed by atoms with Gasteiger partial charge in [0.25, 0.3) is 5.91 Å². The first-order valence-corrected chi connectivity index (χ1v) is 5.97. The molecule has 2 aromatic heterocycles. The normalized spacial score (nSPS) is 10.6. The molecule has 2 heterocycles. The van der Waals surface area contributed by atoms with Gasteiger partial charge >= 0.3 is 0 Å². The van der Waals surface area contributed by atoms with Crippen LogP contribution in [0.4, 0.5) is 0 Å². The molecule has 0 aromatic carbocycles. The number of nitrogens with one attached hydrogen (secondary N) is 1. The Balaban J connectivity index is 2.03. The summed E-state index contributed by atoms with van der Waals surface area (Å²) in [5.41, 5.74) is 3.42. The van der Waals surface area contributed by atoms with Gasteiger partial charge in [-0.2, -0.15) is 5.10 Å². The molecule has 0 aliphatic heterocycles. The molecular formula is C12H8Cl2N4O. The van der Waals surface area contributed by atoms with Crippen molar-refractivity contribution in [1.29, 1.82) is 0 Å². The Morgan fingerprint density at radius 2 is 2.05 bits per heavy atom. The van der Waals surface area contributed by atoms with Crippen LogP contribution < -0.4 is 5.43 Å².